The van der Waals surface area contributed by atoms with Gasteiger partial charge in [-0.15, -0.1) is 0 Å². The number of hydrogen-bond donors (Lipinski definition) is 1. The van der Waals surface area contributed by atoms with Crippen LogP contribution < -0.4 is 5.73 Å². The highest BCUT2D eigenvalue weighted by atomic mass is 14.7. The van der Waals surface area contributed by atoms with Gasteiger partial charge in [0.05, 0.1) is 0 Å². The van der Waals surface area contributed by atoms with E-state index in [1.54, 1.807) is 0 Å². The molecule has 0 bridgehead atoms. The molecule has 0 spiro atoms. The van der Waals surface area contributed by atoms with Gasteiger partial charge in [-0.3, -0.25) is 0 Å². The molecule has 0 saturated heterocycles. The Balaban J connectivity index is 2.12. The van der Waals surface area contributed by atoms with Crippen LogP contribution in [0.4, 0.5) is 0 Å². The van der Waals surface area contributed by atoms with E-state index < -0.39 is 0 Å². The van der Waals surface area contributed by atoms with Gasteiger partial charge in [0, 0.05) is 0 Å². The molecule has 0 heterocycles. The smallest absolute Gasteiger partial charge is 0.00152 e. The van der Waals surface area contributed by atoms with Crippen molar-refractivity contribution in [1.29, 1.82) is 0 Å². The molecular weight excluding hydrogens is 134 g/mol. The highest BCUT2D eigenvalue weighted by Crippen LogP contribution is 2.66. The Labute approximate surface area is 69.4 Å². The summed E-state index contributed by atoms with van der Waals surface area (Å²) in [4.78, 5) is 0. The minimum atomic E-state index is 0.558. The fraction of sp³-hybridized carbons (Fsp3) is 1.00. The lowest BCUT2D eigenvalue weighted by molar-refractivity contribution is -0.174. The highest BCUT2D eigenvalue weighted by Gasteiger charge is 2.61. The van der Waals surface area contributed by atoms with Gasteiger partial charge in [0.2, 0.25) is 0 Å². The maximum Gasteiger partial charge on any atom is -0.00152 e. The molecule has 0 aromatic rings. The van der Waals surface area contributed by atoms with Gasteiger partial charge in [-0.25, -0.2) is 0 Å². The third-order valence-electron chi connectivity index (χ3n) is 4.65. The van der Waals surface area contributed by atoms with Crippen LogP contribution in [-0.4, -0.2) is 6.54 Å². The zero-order chi connectivity index (χ0) is 8.06. The monoisotopic (exact) mass is 153 g/mol. The SMILES string of the molecule is CCC1(CN)C(C)C2CCC21. The van der Waals surface area contributed by atoms with E-state index in [0.717, 1.165) is 24.3 Å². The van der Waals surface area contributed by atoms with E-state index in [1.807, 2.05) is 0 Å². The summed E-state index contributed by atoms with van der Waals surface area (Å²) < 4.78 is 0. The Hall–Kier alpha value is -0.0400. The average molecular weight is 153 g/mol. The van der Waals surface area contributed by atoms with Crippen LogP contribution in [0.1, 0.15) is 33.1 Å². The molecule has 2 rings (SSSR count). The van der Waals surface area contributed by atoms with Gasteiger partial charge in [0.25, 0.3) is 0 Å². The molecule has 0 radical (unpaired) electrons. The van der Waals surface area contributed by atoms with E-state index in [0.29, 0.717) is 5.41 Å². The topological polar surface area (TPSA) is 26.0 Å². The Morgan fingerprint density at radius 2 is 2.18 bits per heavy atom. The first-order valence-electron chi connectivity index (χ1n) is 4.96. The van der Waals surface area contributed by atoms with Gasteiger partial charge in [0.15, 0.2) is 0 Å². The normalized spacial score (nSPS) is 54.3. The highest BCUT2D eigenvalue weighted by molar-refractivity contribution is 5.10. The van der Waals surface area contributed by atoms with Crippen molar-refractivity contribution < 1.29 is 0 Å². The van der Waals surface area contributed by atoms with Crippen molar-refractivity contribution in [2.45, 2.75) is 33.1 Å². The van der Waals surface area contributed by atoms with Crippen molar-refractivity contribution in [3.05, 3.63) is 0 Å². The van der Waals surface area contributed by atoms with Gasteiger partial charge < -0.3 is 5.73 Å². The zero-order valence-corrected chi connectivity index (χ0v) is 7.64. The van der Waals surface area contributed by atoms with Crippen LogP contribution >= 0.6 is 0 Å². The minimum Gasteiger partial charge on any atom is -0.330 e. The molecule has 4 unspecified atom stereocenters. The van der Waals surface area contributed by atoms with Crippen LogP contribution in [0.15, 0.2) is 0 Å². The molecule has 0 amide bonds. The molecule has 0 aliphatic heterocycles. The number of fused-ring (bicyclic) bond motifs is 1. The van der Waals surface area contributed by atoms with Gasteiger partial charge in [0.1, 0.15) is 0 Å². The van der Waals surface area contributed by atoms with Crippen molar-refractivity contribution in [3.8, 4) is 0 Å². The van der Waals surface area contributed by atoms with Gasteiger partial charge >= 0.3 is 0 Å². The van der Waals surface area contributed by atoms with Gasteiger partial charge in [-0.05, 0) is 49.0 Å². The lowest BCUT2D eigenvalue weighted by Gasteiger charge is -2.67. The maximum absolute atomic E-state index is 5.86. The fourth-order valence-electron chi connectivity index (χ4n) is 3.55. The van der Waals surface area contributed by atoms with Crippen molar-refractivity contribution in [1.82, 2.24) is 0 Å². The van der Waals surface area contributed by atoms with E-state index in [1.165, 1.54) is 19.3 Å². The third-order valence-corrected chi connectivity index (χ3v) is 4.65. The molecule has 2 saturated carbocycles. The molecule has 0 aromatic heterocycles. The second-order valence-electron chi connectivity index (χ2n) is 4.43. The summed E-state index contributed by atoms with van der Waals surface area (Å²) >= 11 is 0. The van der Waals surface area contributed by atoms with Crippen molar-refractivity contribution in [2.24, 2.45) is 28.9 Å². The first-order chi connectivity index (χ1) is 5.26. The molecule has 1 heteroatoms. The first kappa shape index (κ1) is 7.60. The lowest BCUT2D eigenvalue weighted by atomic mass is 9.38. The fourth-order valence-corrected chi connectivity index (χ4v) is 3.55. The molecule has 11 heavy (non-hydrogen) atoms. The summed E-state index contributed by atoms with van der Waals surface area (Å²) in [5.41, 5.74) is 6.41. The van der Waals surface area contributed by atoms with Crippen LogP contribution in [0.25, 0.3) is 0 Å². The standard InChI is InChI=1S/C10H19N/c1-3-10(6-11)7(2)8-4-5-9(8)10/h7-9H,3-6,11H2,1-2H3. The summed E-state index contributed by atoms with van der Waals surface area (Å²) in [6.07, 6.45) is 4.24. The largest absolute Gasteiger partial charge is 0.330 e. The number of nitrogens with two attached hydrogens (primary N) is 1. The number of hydrogen-bond acceptors (Lipinski definition) is 1. The molecule has 2 aliphatic rings. The first-order valence-corrected chi connectivity index (χ1v) is 4.96. The van der Waals surface area contributed by atoms with Gasteiger partial charge in [-0.1, -0.05) is 13.8 Å². The summed E-state index contributed by atoms with van der Waals surface area (Å²) in [7, 11) is 0. The molecule has 64 valence electrons. The van der Waals surface area contributed by atoms with Crippen LogP contribution in [0.2, 0.25) is 0 Å². The Kier molecular flexibility index (Phi) is 1.54. The second kappa shape index (κ2) is 2.22. The molecule has 0 aromatic carbocycles. The predicted octanol–water partition coefficient (Wildman–Crippen LogP) is 2.02. The maximum atomic E-state index is 5.86. The van der Waals surface area contributed by atoms with Crippen LogP contribution in [0.3, 0.4) is 0 Å². The molecule has 2 aliphatic carbocycles. The average Bonchev–Trinajstić information content (AvgIpc) is 1.97. The van der Waals surface area contributed by atoms with E-state index in [4.69, 9.17) is 5.73 Å². The van der Waals surface area contributed by atoms with E-state index in [9.17, 15) is 0 Å². The van der Waals surface area contributed by atoms with Crippen LogP contribution in [0, 0.1) is 23.2 Å². The summed E-state index contributed by atoms with van der Waals surface area (Å²) in [5.74, 6) is 2.97. The minimum absolute atomic E-state index is 0.558. The summed E-state index contributed by atoms with van der Waals surface area (Å²) in [6, 6.07) is 0. The molecular formula is C10H19N. The zero-order valence-electron chi connectivity index (χ0n) is 7.64. The quantitative estimate of drug-likeness (QED) is 0.645. The van der Waals surface area contributed by atoms with E-state index in [-0.39, 0.29) is 0 Å². The van der Waals surface area contributed by atoms with Crippen molar-refractivity contribution >= 4 is 0 Å². The molecule has 2 fully saturated rings. The lowest BCUT2D eigenvalue weighted by Crippen LogP contribution is -2.63. The third kappa shape index (κ3) is 0.658. The summed E-state index contributed by atoms with van der Waals surface area (Å²) in [6.45, 7) is 5.63. The Bertz CT molecular complexity index is 152. The summed E-state index contributed by atoms with van der Waals surface area (Å²) in [5, 5.41) is 0. The van der Waals surface area contributed by atoms with E-state index in [2.05, 4.69) is 13.8 Å². The molecule has 4 atom stereocenters. The van der Waals surface area contributed by atoms with Crippen molar-refractivity contribution in [2.75, 3.05) is 6.54 Å². The Morgan fingerprint density at radius 3 is 2.36 bits per heavy atom. The molecule has 1 nitrogen and oxygen atoms in total. The van der Waals surface area contributed by atoms with Crippen molar-refractivity contribution in [3.63, 3.8) is 0 Å². The van der Waals surface area contributed by atoms with Crippen LogP contribution in [-0.2, 0) is 0 Å². The molecule has 2 N–H and O–H groups in total. The Morgan fingerprint density at radius 1 is 1.45 bits per heavy atom. The van der Waals surface area contributed by atoms with E-state index >= 15 is 0 Å². The van der Waals surface area contributed by atoms with Crippen LogP contribution in [0.5, 0.6) is 0 Å². The second-order valence-corrected chi connectivity index (χ2v) is 4.43. The van der Waals surface area contributed by atoms with Gasteiger partial charge in [-0.2, -0.15) is 0 Å². The number of rotatable bonds is 2. The predicted molar refractivity (Wildman–Crippen MR) is 47.2 cm³/mol.